The molecule has 5 nitrogen and oxygen atoms in total. The van der Waals surface area contributed by atoms with Gasteiger partial charge in [-0.1, -0.05) is 0 Å². The number of hydrogen-bond donors (Lipinski definition) is 2. The molecule has 2 rings (SSSR count). The molecule has 1 saturated carbocycles. The van der Waals surface area contributed by atoms with E-state index in [1.54, 1.807) is 4.68 Å². The van der Waals surface area contributed by atoms with Crippen LogP contribution in [0.25, 0.3) is 0 Å². The molecule has 1 heterocycles. The summed E-state index contributed by atoms with van der Waals surface area (Å²) in [6.45, 7) is 4.58. The number of aliphatic hydroxyl groups excluding tert-OH is 1. The van der Waals surface area contributed by atoms with Gasteiger partial charge in [-0.2, -0.15) is 5.10 Å². The van der Waals surface area contributed by atoms with E-state index in [4.69, 9.17) is 0 Å². The second kappa shape index (κ2) is 5.10. The quantitative estimate of drug-likeness (QED) is 0.817. The van der Waals surface area contributed by atoms with Crippen molar-refractivity contribution >= 4 is 5.91 Å². The average Bonchev–Trinajstić information content (AvgIpc) is 2.50. The zero-order valence-corrected chi connectivity index (χ0v) is 11.2. The molecule has 0 spiro atoms. The van der Waals surface area contributed by atoms with Crippen LogP contribution in [-0.2, 0) is 18.3 Å². The smallest absolute Gasteiger partial charge is 0.224 e. The van der Waals surface area contributed by atoms with E-state index in [1.807, 2.05) is 20.9 Å². The van der Waals surface area contributed by atoms with Gasteiger partial charge in [0.15, 0.2) is 0 Å². The molecule has 1 aliphatic carbocycles. The van der Waals surface area contributed by atoms with Gasteiger partial charge in [0, 0.05) is 24.8 Å². The van der Waals surface area contributed by atoms with Crippen molar-refractivity contribution in [2.24, 2.45) is 13.0 Å². The number of nitrogens with one attached hydrogen (secondary N) is 1. The Balaban J connectivity index is 1.83. The molecule has 0 radical (unpaired) electrons. The van der Waals surface area contributed by atoms with Gasteiger partial charge < -0.3 is 10.4 Å². The summed E-state index contributed by atoms with van der Waals surface area (Å²) in [4.78, 5) is 11.8. The van der Waals surface area contributed by atoms with E-state index < -0.39 is 0 Å². The van der Waals surface area contributed by atoms with Gasteiger partial charge in [-0.05, 0) is 32.6 Å². The Labute approximate surface area is 107 Å². The first-order valence-electron chi connectivity index (χ1n) is 6.41. The number of carbonyl (C=O) groups is 1. The first-order valence-corrected chi connectivity index (χ1v) is 6.41. The number of carbonyl (C=O) groups excluding carboxylic acids is 1. The van der Waals surface area contributed by atoms with Gasteiger partial charge in [0.05, 0.1) is 18.2 Å². The monoisotopic (exact) mass is 251 g/mol. The molecular weight excluding hydrogens is 230 g/mol. The van der Waals surface area contributed by atoms with Gasteiger partial charge in [0.25, 0.3) is 0 Å². The molecule has 1 aliphatic rings. The van der Waals surface area contributed by atoms with Crippen LogP contribution in [-0.4, -0.2) is 33.4 Å². The van der Waals surface area contributed by atoms with Crippen molar-refractivity contribution in [2.75, 3.05) is 6.54 Å². The van der Waals surface area contributed by atoms with Crippen LogP contribution in [0, 0.1) is 19.8 Å². The highest BCUT2D eigenvalue weighted by atomic mass is 16.3. The Morgan fingerprint density at radius 3 is 2.67 bits per heavy atom. The van der Waals surface area contributed by atoms with E-state index in [0.717, 1.165) is 29.8 Å². The maximum Gasteiger partial charge on any atom is 0.224 e. The first-order chi connectivity index (χ1) is 8.47. The molecule has 0 unspecified atom stereocenters. The standard InChI is InChI=1S/C13H21N3O2/c1-8-12(9(2)16(3)15-8)6-13(18)14-7-10-4-11(17)5-10/h10-11,17H,4-7H2,1-3H3,(H,14,18). The predicted octanol–water partition coefficient (Wildman–Crippen LogP) is 0.467. The molecule has 100 valence electrons. The Kier molecular flexibility index (Phi) is 3.71. The van der Waals surface area contributed by atoms with E-state index in [-0.39, 0.29) is 12.0 Å². The molecule has 18 heavy (non-hydrogen) atoms. The Morgan fingerprint density at radius 2 is 2.17 bits per heavy atom. The fourth-order valence-corrected chi connectivity index (χ4v) is 2.42. The molecule has 2 N–H and O–H groups in total. The Morgan fingerprint density at radius 1 is 1.50 bits per heavy atom. The van der Waals surface area contributed by atoms with Crippen LogP contribution in [0.5, 0.6) is 0 Å². The van der Waals surface area contributed by atoms with Crippen molar-refractivity contribution in [1.82, 2.24) is 15.1 Å². The van der Waals surface area contributed by atoms with Gasteiger partial charge in [-0.25, -0.2) is 0 Å². The minimum Gasteiger partial charge on any atom is -0.393 e. The molecule has 5 heteroatoms. The van der Waals surface area contributed by atoms with Crippen LogP contribution >= 0.6 is 0 Å². The van der Waals surface area contributed by atoms with Crippen LogP contribution in [0.2, 0.25) is 0 Å². The zero-order chi connectivity index (χ0) is 13.3. The molecular formula is C13H21N3O2. The minimum absolute atomic E-state index is 0.0376. The lowest BCUT2D eigenvalue weighted by Crippen LogP contribution is -2.38. The van der Waals surface area contributed by atoms with Gasteiger partial charge in [0.1, 0.15) is 0 Å². The number of hydrogen-bond acceptors (Lipinski definition) is 3. The van der Waals surface area contributed by atoms with E-state index in [0.29, 0.717) is 18.9 Å². The molecule has 0 atom stereocenters. The summed E-state index contributed by atoms with van der Waals surface area (Å²) in [6.07, 6.45) is 1.85. The number of amides is 1. The third kappa shape index (κ3) is 2.72. The number of rotatable bonds is 4. The summed E-state index contributed by atoms with van der Waals surface area (Å²) in [5.41, 5.74) is 2.98. The molecule has 1 aromatic heterocycles. The van der Waals surface area contributed by atoms with Crippen LogP contribution in [0.1, 0.15) is 29.8 Å². The number of aliphatic hydroxyl groups is 1. The summed E-state index contributed by atoms with van der Waals surface area (Å²) in [5, 5.41) is 16.4. The third-order valence-corrected chi connectivity index (χ3v) is 3.79. The molecule has 0 bridgehead atoms. The lowest BCUT2D eigenvalue weighted by molar-refractivity contribution is -0.121. The fraction of sp³-hybridized carbons (Fsp3) is 0.692. The van der Waals surface area contributed by atoms with Crippen LogP contribution in [0.15, 0.2) is 0 Å². The molecule has 1 aromatic rings. The van der Waals surface area contributed by atoms with Crippen molar-refractivity contribution in [2.45, 2.75) is 39.2 Å². The van der Waals surface area contributed by atoms with E-state index in [9.17, 15) is 9.90 Å². The highest BCUT2D eigenvalue weighted by molar-refractivity contribution is 5.79. The van der Waals surface area contributed by atoms with E-state index in [2.05, 4.69) is 10.4 Å². The largest absolute Gasteiger partial charge is 0.393 e. The molecule has 0 saturated heterocycles. The summed E-state index contributed by atoms with van der Waals surface area (Å²) in [5.74, 6) is 0.482. The minimum atomic E-state index is -0.158. The number of nitrogens with zero attached hydrogens (tertiary/aromatic N) is 2. The summed E-state index contributed by atoms with van der Waals surface area (Å²) in [7, 11) is 1.89. The molecule has 1 amide bonds. The molecule has 0 aromatic carbocycles. The van der Waals surface area contributed by atoms with Crippen LogP contribution in [0.4, 0.5) is 0 Å². The van der Waals surface area contributed by atoms with Gasteiger partial charge >= 0.3 is 0 Å². The highest BCUT2D eigenvalue weighted by Crippen LogP contribution is 2.26. The van der Waals surface area contributed by atoms with Crippen molar-refractivity contribution in [1.29, 1.82) is 0 Å². The summed E-state index contributed by atoms with van der Waals surface area (Å²) >= 11 is 0. The van der Waals surface area contributed by atoms with Crippen molar-refractivity contribution < 1.29 is 9.90 Å². The van der Waals surface area contributed by atoms with Gasteiger partial charge in [-0.15, -0.1) is 0 Å². The van der Waals surface area contributed by atoms with Crippen molar-refractivity contribution in [3.63, 3.8) is 0 Å². The average molecular weight is 251 g/mol. The van der Waals surface area contributed by atoms with Gasteiger partial charge in [-0.3, -0.25) is 9.48 Å². The van der Waals surface area contributed by atoms with Crippen molar-refractivity contribution in [3.05, 3.63) is 17.0 Å². The highest BCUT2D eigenvalue weighted by Gasteiger charge is 2.27. The van der Waals surface area contributed by atoms with Gasteiger partial charge in [0.2, 0.25) is 5.91 Å². The summed E-state index contributed by atoms with van der Waals surface area (Å²) in [6, 6.07) is 0. The first kappa shape index (κ1) is 13.1. The fourth-order valence-electron chi connectivity index (χ4n) is 2.42. The number of aryl methyl sites for hydroxylation is 2. The third-order valence-electron chi connectivity index (χ3n) is 3.79. The molecule has 1 fully saturated rings. The second-order valence-corrected chi connectivity index (χ2v) is 5.25. The number of aromatic nitrogens is 2. The Hall–Kier alpha value is -1.36. The van der Waals surface area contributed by atoms with Crippen LogP contribution < -0.4 is 5.32 Å². The van der Waals surface area contributed by atoms with Crippen LogP contribution in [0.3, 0.4) is 0 Å². The maximum atomic E-state index is 11.8. The predicted molar refractivity (Wildman–Crippen MR) is 68.1 cm³/mol. The lowest BCUT2D eigenvalue weighted by Gasteiger charge is -2.31. The lowest BCUT2D eigenvalue weighted by atomic mass is 9.82. The van der Waals surface area contributed by atoms with E-state index in [1.165, 1.54) is 0 Å². The Bertz CT molecular complexity index is 447. The topological polar surface area (TPSA) is 67.2 Å². The maximum absolute atomic E-state index is 11.8. The zero-order valence-electron chi connectivity index (χ0n) is 11.2. The van der Waals surface area contributed by atoms with Crippen molar-refractivity contribution in [3.8, 4) is 0 Å². The second-order valence-electron chi connectivity index (χ2n) is 5.25. The summed E-state index contributed by atoms with van der Waals surface area (Å²) < 4.78 is 1.81. The SMILES string of the molecule is Cc1nn(C)c(C)c1CC(=O)NCC1CC(O)C1. The molecule has 0 aliphatic heterocycles. The van der Waals surface area contributed by atoms with E-state index >= 15 is 0 Å². The normalized spacial score (nSPS) is 22.7.